The number of hydrogen-bond acceptors (Lipinski definition) is 5. The number of hydrogen-bond donors (Lipinski definition) is 0. The third kappa shape index (κ3) is 6.95. The first-order chi connectivity index (χ1) is 17.8. The molecule has 0 aliphatic carbocycles. The molecule has 0 amide bonds. The minimum absolute atomic E-state index is 0.0431. The Morgan fingerprint density at radius 3 is 1.13 bits per heavy atom. The Hall–Kier alpha value is -3.77. The molecule has 0 fully saturated rings. The van der Waals surface area contributed by atoms with Crippen LogP contribution in [0.25, 0.3) is 0 Å². The van der Waals surface area contributed by atoms with Crippen molar-refractivity contribution in [3.05, 3.63) is 103 Å². The van der Waals surface area contributed by atoms with E-state index in [1.807, 2.05) is 69.3 Å². The second kappa shape index (κ2) is 10.5. The van der Waals surface area contributed by atoms with Crippen LogP contribution < -0.4 is 14.2 Å². The molecule has 6 heteroatoms. The third-order valence-electron chi connectivity index (χ3n) is 5.71. The van der Waals surface area contributed by atoms with E-state index >= 15 is 0 Å². The normalized spacial score (nSPS) is 12.2. The molecule has 4 rings (SSSR count). The van der Waals surface area contributed by atoms with E-state index in [2.05, 4.69) is 20.8 Å². The van der Waals surface area contributed by atoms with E-state index in [4.69, 9.17) is 14.2 Å². The summed E-state index contributed by atoms with van der Waals surface area (Å²) in [6, 6.07) is 28.2. The van der Waals surface area contributed by atoms with Gasteiger partial charge in [-0.25, -0.2) is 8.42 Å². The monoisotopic (exact) mass is 530 g/mol. The molecule has 0 spiro atoms. The van der Waals surface area contributed by atoms with E-state index in [-0.39, 0.29) is 20.8 Å². The minimum Gasteiger partial charge on any atom is -0.488 e. The van der Waals surface area contributed by atoms with Crippen LogP contribution in [0.15, 0.2) is 107 Å². The summed E-state index contributed by atoms with van der Waals surface area (Å²) < 4.78 is 43.8. The summed E-state index contributed by atoms with van der Waals surface area (Å²) in [5, 5.41) is 0. The Morgan fingerprint density at radius 2 is 0.789 bits per heavy atom. The van der Waals surface area contributed by atoms with Crippen LogP contribution >= 0.6 is 0 Å². The van der Waals surface area contributed by atoms with Gasteiger partial charge in [0.1, 0.15) is 34.3 Å². The summed E-state index contributed by atoms with van der Waals surface area (Å²) in [6.07, 6.45) is 0. The Labute approximate surface area is 225 Å². The molecule has 0 aliphatic rings. The van der Waals surface area contributed by atoms with Gasteiger partial charge in [-0.05, 0) is 117 Å². The smallest absolute Gasteiger partial charge is 0.206 e. The topological polar surface area (TPSA) is 61.8 Å². The molecule has 0 aliphatic heterocycles. The van der Waals surface area contributed by atoms with Gasteiger partial charge < -0.3 is 14.2 Å². The standard InChI is InChI=1S/C32H34O5S/c1-31(2,3)23-7-19-29(20-8-23)38(33,34)30-21-17-27(18-22-30)36-25-11-9-24(10-12-25)35-26-13-15-28(16-14-26)37-32(4,5)6/h7-22H,1-6H3. The highest BCUT2D eigenvalue weighted by atomic mass is 32.2. The molecule has 0 radical (unpaired) electrons. The fourth-order valence-electron chi connectivity index (χ4n) is 3.73. The van der Waals surface area contributed by atoms with Gasteiger partial charge in [0, 0.05) is 0 Å². The van der Waals surface area contributed by atoms with Crippen LogP contribution in [0.3, 0.4) is 0 Å². The fraction of sp³-hybridized carbons (Fsp3) is 0.250. The number of sulfone groups is 1. The van der Waals surface area contributed by atoms with Gasteiger partial charge in [-0.1, -0.05) is 32.9 Å². The zero-order valence-electron chi connectivity index (χ0n) is 22.7. The molecule has 198 valence electrons. The summed E-state index contributed by atoms with van der Waals surface area (Å²) in [5.74, 6) is 3.30. The maximum absolute atomic E-state index is 13.1. The molecule has 0 aromatic heterocycles. The summed E-state index contributed by atoms with van der Waals surface area (Å²) in [6.45, 7) is 12.3. The highest BCUT2D eigenvalue weighted by Gasteiger charge is 2.20. The van der Waals surface area contributed by atoms with Crippen molar-refractivity contribution in [3.63, 3.8) is 0 Å². The molecule has 4 aromatic carbocycles. The van der Waals surface area contributed by atoms with Crippen LogP contribution in [-0.2, 0) is 15.3 Å². The molecule has 4 aromatic rings. The largest absolute Gasteiger partial charge is 0.488 e. The predicted molar refractivity (Wildman–Crippen MR) is 150 cm³/mol. The van der Waals surface area contributed by atoms with Crippen LogP contribution in [0.4, 0.5) is 0 Å². The van der Waals surface area contributed by atoms with E-state index in [9.17, 15) is 8.42 Å². The summed E-state index contributed by atoms with van der Waals surface area (Å²) in [7, 11) is -3.62. The molecule has 0 saturated carbocycles. The van der Waals surface area contributed by atoms with Crippen molar-refractivity contribution in [2.75, 3.05) is 0 Å². The lowest BCUT2D eigenvalue weighted by Gasteiger charge is -2.21. The van der Waals surface area contributed by atoms with Crippen molar-refractivity contribution >= 4 is 9.84 Å². The first-order valence-electron chi connectivity index (χ1n) is 12.5. The molecule has 0 atom stereocenters. The van der Waals surface area contributed by atoms with Crippen molar-refractivity contribution < 1.29 is 22.6 Å². The third-order valence-corrected chi connectivity index (χ3v) is 7.49. The Morgan fingerprint density at radius 1 is 0.474 bits per heavy atom. The fourth-order valence-corrected chi connectivity index (χ4v) is 5.00. The average molecular weight is 531 g/mol. The van der Waals surface area contributed by atoms with Crippen molar-refractivity contribution in [3.8, 4) is 28.7 Å². The minimum atomic E-state index is -3.62. The van der Waals surface area contributed by atoms with E-state index < -0.39 is 9.84 Å². The summed E-state index contributed by atoms with van der Waals surface area (Å²) >= 11 is 0. The predicted octanol–water partition coefficient (Wildman–Crippen LogP) is 8.58. The van der Waals surface area contributed by atoms with Crippen LogP contribution in [0, 0.1) is 0 Å². The quantitative estimate of drug-likeness (QED) is 0.239. The van der Waals surface area contributed by atoms with Gasteiger partial charge in [-0.2, -0.15) is 0 Å². The average Bonchev–Trinajstić information content (AvgIpc) is 2.85. The van der Waals surface area contributed by atoms with Gasteiger partial charge in [-0.15, -0.1) is 0 Å². The molecule has 0 bridgehead atoms. The summed E-state index contributed by atoms with van der Waals surface area (Å²) in [5.41, 5.74) is 0.782. The maximum Gasteiger partial charge on any atom is 0.206 e. The number of rotatable bonds is 7. The molecule has 0 heterocycles. The first-order valence-corrected chi connectivity index (χ1v) is 14.0. The van der Waals surface area contributed by atoms with Crippen molar-refractivity contribution in [1.29, 1.82) is 0 Å². The van der Waals surface area contributed by atoms with E-state index in [0.29, 0.717) is 23.0 Å². The van der Waals surface area contributed by atoms with Gasteiger partial charge in [0.15, 0.2) is 0 Å². The van der Waals surface area contributed by atoms with Gasteiger partial charge in [-0.3, -0.25) is 0 Å². The van der Waals surface area contributed by atoms with E-state index in [1.54, 1.807) is 48.5 Å². The van der Waals surface area contributed by atoms with E-state index in [0.717, 1.165) is 11.3 Å². The second-order valence-corrected chi connectivity index (χ2v) is 13.1. The Kier molecular flexibility index (Phi) is 7.56. The molecule has 0 unspecified atom stereocenters. The lowest BCUT2D eigenvalue weighted by atomic mass is 9.87. The van der Waals surface area contributed by atoms with Gasteiger partial charge in [0.2, 0.25) is 9.84 Å². The van der Waals surface area contributed by atoms with Crippen molar-refractivity contribution in [2.45, 2.75) is 62.3 Å². The summed E-state index contributed by atoms with van der Waals surface area (Å²) in [4.78, 5) is 0.488. The van der Waals surface area contributed by atoms with Crippen molar-refractivity contribution in [2.24, 2.45) is 0 Å². The molecule has 38 heavy (non-hydrogen) atoms. The Balaban J connectivity index is 1.38. The van der Waals surface area contributed by atoms with Gasteiger partial charge in [0.05, 0.1) is 9.79 Å². The van der Waals surface area contributed by atoms with Crippen LogP contribution in [0.5, 0.6) is 28.7 Å². The second-order valence-electron chi connectivity index (χ2n) is 11.1. The highest BCUT2D eigenvalue weighted by Crippen LogP contribution is 2.30. The first kappa shape index (κ1) is 27.3. The van der Waals surface area contributed by atoms with Crippen LogP contribution in [0.1, 0.15) is 47.1 Å². The SMILES string of the molecule is CC(C)(C)Oc1ccc(Oc2ccc(Oc3ccc(S(=O)(=O)c4ccc(C(C)(C)C)cc4)cc3)cc2)cc1. The lowest BCUT2D eigenvalue weighted by molar-refractivity contribution is 0.131. The highest BCUT2D eigenvalue weighted by molar-refractivity contribution is 7.91. The molecule has 5 nitrogen and oxygen atoms in total. The molecule has 0 saturated heterocycles. The lowest BCUT2D eigenvalue weighted by Crippen LogP contribution is -2.22. The van der Waals surface area contributed by atoms with Crippen LogP contribution in [-0.4, -0.2) is 14.0 Å². The molecule has 0 N–H and O–H groups in total. The number of benzene rings is 4. The van der Waals surface area contributed by atoms with Crippen LogP contribution in [0.2, 0.25) is 0 Å². The zero-order chi connectivity index (χ0) is 27.6. The Bertz CT molecular complexity index is 1460. The van der Waals surface area contributed by atoms with Gasteiger partial charge in [0.25, 0.3) is 0 Å². The van der Waals surface area contributed by atoms with E-state index in [1.165, 1.54) is 0 Å². The van der Waals surface area contributed by atoms with Crippen molar-refractivity contribution in [1.82, 2.24) is 0 Å². The maximum atomic E-state index is 13.1. The van der Waals surface area contributed by atoms with Gasteiger partial charge >= 0.3 is 0 Å². The number of ether oxygens (including phenoxy) is 3. The molecular formula is C32H34O5S. The zero-order valence-corrected chi connectivity index (χ0v) is 23.5. The molecular weight excluding hydrogens is 496 g/mol.